The highest BCUT2D eigenvalue weighted by atomic mass is 19.1. The molecule has 3 aromatic rings. The number of alkyl halides is 1. The van der Waals surface area contributed by atoms with Crippen LogP contribution in [-0.2, 0) is 31.3 Å². The lowest BCUT2D eigenvalue weighted by atomic mass is 9.86. The number of ether oxygens (including phenoxy) is 2. The maximum Gasteiger partial charge on any atom is 0.343 e. The molecule has 0 bridgehead atoms. The molecule has 0 amide bonds. The Morgan fingerprint density at radius 3 is 2.88 bits per heavy atom. The van der Waals surface area contributed by atoms with Crippen LogP contribution >= 0.6 is 0 Å². The zero-order valence-electron chi connectivity index (χ0n) is 17.8. The lowest BCUT2D eigenvalue weighted by Gasteiger charge is -2.32. The third-order valence-corrected chi connectivity index (χ3v) is 6.35. The highest BCUT2D eigenvalue weighted by Gasteiger charge is 2.46. The molecule has 0 fully saturated rings. The van der Waals surface area contributed by atoms with Crippen molar-refractivity contribution >= 4 is 22.8 Å². The van der Waals surface area contributed by atoms with Crippen LogP contribution in [0.3, 0.4) is 0 Å². The Morgan fingerprint density at radius 1 is 1.33 bits per heavy atom. The van der Waals surface area contributed by atoms with Crippen molar-refractivity contribution < 1.29 is 28.6 Å². The molecule has 5 rings (SSSR count). The largest absolute Gasteiger partial charge is 0.463 e. The number of para-hydroxylation sites is 1. The monoisotopic (exact) mass is 452 g/mol. The predicted octanol–water partition coefficient (Wildman–Crippen LogP) is 2.52. The number of carbonyl (C=O) groups is 2. The molecule has 0 spiro atoms. The topological polar surface area (TPSA) is 108 Å². The summed E-state index contributed by atoms with van der Waals surface area (Å²) in [5.74, 6) is -1.45. The van der Waals surface area contributed by atoms with E-state index >= 15 is 0 Å². The van der Waals surface area contributed by atoms with Crippen molar-refractivity contribution in [3.8, 4) is 11.4 Å². The van der Waals surface area contributed by atoms with Gasteiger partial charge < -0.3 is 14.6 Å². The molecule has 2 aromatic heterocycles. The van der Waals surface area contributed by atoms with Crippen LogP contribution in [0.25, 0.3) is 22.3 Å². The fraction of sp³-hybridized carbons (Fsp3) is 0.333. The van der Waals surface area contributed by atoms with Gasteiger partial charge in [-0.1, -0.05) is 25.1 Å². The Labute approximate surface area is 187 Å². The van der Waals surface area contributed by atoms with Gasteiger partial charge in [0.1, 0.15) is 19.9 Å². The quantitative estimate of drug-likeness (QED) is 0.593. The number of benzene rings is 1. The van der Waals surface area contributed by atoms with Crippen LogP contribution in [0, 0.1) is 0 Å². The maximum absolute atomic E-state index is 13.6. The molecule has 0 saturated heterocycles. The summed E-state index contributed by atoms with van der Waals surface area (Å²) in [7, 11) is 0. The lowest BCUT2D eigenvalue weighted by Crippen LogP contribution is -2.44. The molecule has 33 heavy (non-hydrogen) atoms. The van der Waals surface area contributed by atoms with Gasteiger partial charge in [-0.05, 0) is 24.6 Å². The number of halogens is 1. The summed E-state index contributed by atoms with van der Waals surface area (Å²) in [6.07, 6.45) is -0.171. The number of cyclic esters (lactones) is 1. The summed E-state index contributed by atoms with van der Waals surface area (Å²) in [6, 6.07) is 10.1. The molecule has 0 saturated carbocycles. The van der Waals surface area contributed by atoms with Crippen LogP contribution in [0.1, 0.15) is 42.5 Å². The highest BCUT2D eigenvalue weighted by molar-refractivity contribution is 5.87. The average Bonchev–Trinajstić information content (AvgIpc) is 3.11. The molecule has 0 aliphatic carbocycles. The molecule has 0 radical (unpaired) electrons. The molecular weight excluding hydrogens is 431 g/mol. The second-order valence-electron chi connectivity index (χ2n) is 8.14. The Kier molecular flexibility index (Phi) is 5.01. The first-order valence-electron chi connectivity index (χ1n) is 10.7. The smallest absolute Gasteiger partial charge is 0.343 e. The maximum atomic E-state index is 13.6. The van der Waals surface area contributed by atoms with Crippen molar-refractivity contribution in [3.05, 3.63) is 63.4 Å². The minimum Gasteiger partial charge on any atom is -0.463 e. The molecule has 2 atom stereocenters. The van der Waals surface area contributed by atoms with E-state index in [0.717, 1.165) is 5.39 Å². The minimum absolute atomic E-state index is 0.0265. The summed E-state index contributed by atoms with van der Waals surface area (Å²) in [5.41, 5.74) is 0.126. The Balaban J connectivity index is 1.76. The number of aromatic nitrogens is 2. The van der Waals surface area contributed by atoms with E-state index in [4.69, 9.17) is 14.5 Å². The van der Waals surface area contributed by atoms with Crippen LogP contribution < -0.4 is 5.56 Å². The van der Waals surface area contributed by atoms with E-state index in [0.29, 0.717) is 22.5 Å². The molecule has 9 heteroatoms. The van der Waals surface area contributed by atoms with Crippen LogP contribution in [0.4, 0.5) is 4.39 Å². The summed E-state index contributed by atoms with van der Waals surface area (Å²) >= 11 is 0. The first-order valence-corrected chi connectivity index (χ1v) is 10.7. The van der Waals surface area contributed by atoms with E-state index in [1.807, 2.05) is 30.3 Å². The van der Waals surface area contributed by atoms with E-state index in [2.05, 4.69) is 0 Å². The normalized spacial score (nSPS) is 20.7. The number of pyridine rings is 2. The summed E-state index contributed by atoms with van der Waals surface area (Å²) in [4.78, 5) is 43.1. The van der Waals surface area contributed by atoms with Gasteiger partial charge >= 0.3 is 11.9 Å². The Bertz CT molecular complexity index is 1370. The predicted molar refractivity (Wildman–Crippen MR) is 115 cm³/mol. The number of aliphatic hydroxyl groups is 1. The van der Waals surface area contributed by atoms with Crippen LogP contribution in [0.5, 0.6) is 0 Å². The molecular formula is C24H21FN2O6. The third kappa shape index (κ3) is 3.14. The van der Waals surface area contributed by atoms with Crippen molar-refractivity contribution in [2.75, 3.05) is 13.3 Å². The third-order valence-electron chi connectivity index (χ3n) is 6.35. The van der Waals surface area contributed by atoms with E-state index in [-0.39, 0.29) is 37.2 Å². The van der Waals surface area contributed by atoms with Crippen molar-refractivity contribution in [1.29, 1.82) is 0 Å². The van der Waals surface area contributed by atoms with Crippen molar-refractivity contribution in [3.63, 3.8) is 0 Å². The molecule has 1 aromatic carbocycles. The van der Waals surface area contributed by atoms with E-state index in [9.17, 15) is 23.9 Å². The van der Waals surface area contributed by atoms with Gasteiger partial charge in [-0.15, -0.1) is 0 Å². The second-order valence-corrected chi connectivity index (χ2v) is 8.14. The van der Waals surface area contributed by atoms with Crippen molar-refractivity contribution in [2.24, 2.45) is 0 Å². The fourth-order valence-electron chi connectivity index (χ4n) is 4.67. The Hall–Kier alpha value is -3.59. The van der Waals surface area contributed by atoms with Gasteiger partial charge in [0.15, 0.2) is 5.60 Å². The van der Waals surface area contributed by atoms with E-state index < -0.39 is 35.8 Å². The van der Waals surface area contributed by atoms with Crippen molar-refractivity contribution in [1.82, 2.24) is 9.55 Å². The van der Waals surface area contributed by atoms with Gasteiger partial charge in [0.2, 0.25) is 0 Å². The fourth-order valence-corrected chi connectivity index (χ4v) is 4.67. The van der Waals surface area contributed by atoms with Gasteiger partial charge in [-0.25, -0.2) is 14.2 Å². The van der Waals surface area contributed by atoms with E-state index in [1.54, 1.807) is 13.0 Å². The standard InChI is InChI=1S/C24H21FN2O6/c1-2-24(31)16-10-19-21-14(9-13-5-3-4-6-17(13)26-21)18(11-20(28)32-8-7-25)27(19)22(29)15(16)12-33-23(24)30/h3-6,9-10,18,31H,2,7-8,11-12H2,1H3/t18?,24-/m0/s1. The van der Waals surface area contributed by atoms with Crippen molar-refractivity contribution in [2.45, 2.75) is 38.0 Å². The summed E-state index contributed by atoms with van der Waals surface area (Å²) < 4.78 is 24.0. The van der Waals surface area contributed by atoms with Crippen LogP contribution in [0.2, 0.25) is 0 Å². The number of hydrogen-bond donors (Lipinski definition) is 1. The number of rotatable bonds is 5. The van der Waals surface area contributed by atoms with Gasteiger partial charge in [0.05, 0.1) is 34.9 Å². The van der Waals surface area contributed by atoms with Gasteiger partial charge in [0.25, 0.3) is 5.56 Å². The summed E-state index contributed by atoms with van der Waals surface area (Å²) in [6.45, 7) is 0.189. The SMILES string of the molecule is CC[C@@]1(O)C(=O)OCc2c1cc1n(c2=O)C(CC(=O)OCCF)c2cc3ccccc3nc2-1. The molecule has 170 valence electrons. The Morgan fingerprint density at radius 2 is 2.12 bits per heavy atom. The zero-order chi connectivity index (χ0) is 23.3. The van der Waals surface area contributed by atoms with Gasteiger partial charge in [-0.3, -0.25) is 14.2 Å². The minimum atomic E-state index is -1.95. The molecule has 8 nitrogen and oxygen atoms in total. The van der Waals surface area contributed by atoms with E-state index in [1.165, 1.54) is 4.57 Å². The molecule has 2 aliphatic rings. The zero-order valence-corrected chi connectivity index (χ0v) is 17.8. The number of carbonyl (C=O) groups excluding carboxylic acids is 2. The highest BCUT2D eigenvalue weighted by Crippen LogP contribution is 2.43. The molecule has 2 aliphatic heterocycles. The van der Waals surface area contributed by atoms with Crippen LogP contribution in [0.15, 0.2) is 41.2 Å². The van der Waals surface area contributed by atoms with Crippen LogP contribution in [-0.4, -0.2) is 39.9 Å². The molecule has 1 N–H and O–H groups in total. The van der Waals surface area contributed by atoms with Gasteiger partial charge in [0, 0.05) is 16.5 Å². The lowest BCUT2D eigenvalue weighted by molar-refractivity contribution is -0.172. The first kappa shape index (κ1) is 21.3. The number of esters is 2. The number of fused-ring (bicyclic) bond motifs is 5. The number of hydrogen-bond acceptors (Lipinski definition) is 7. The molecule has 4 heterocycles. The van der Waals surface area contributed by atoms with Gasteiger partial charge in [-0.2, -0.15) is 0 Å². The average molecular weight is 452 g/mol. The number of nitrogens with zero attached hydrogens (tertiary/aromatic N) is 2. The molecule has 1 unspecified atom stereocenters. The second kappa shape index (κ2) is 7.77. The first-order chi connectivity index (χ1) is 15.9. The summed E-state index contributed by atoms with van der Waals surface area (Å²) in [5, 5.41) is 11.9.